The number of amides is 1. The Hall–Kier alpha value is -2.90. The van der Waals surface area contributed by atoms with Gasteiger partial charge < -0.3 is 4.74 Å². The van der Waals surface area contributed by atoms with Crippen molar-refractivity contribution >= 4 is 44.7 Å². The summed E-state index contributed by atoms with van der Waals surface area (Å²) in [7, 11) is 1.59. The van der Waals surface area contributed by atoms with Crippen LogP contribution >= 0.6 is 11.3 Å². The number of hydrogen-bond acceptors (Lipinski definition) is 6. The van der Waals surface area contributed by atoms with Crippen molar-refractivity contribution in [1.29, 1.82) is 0 Å². The zero-order chi connectivity index (χ0) is 22.3. The summed E-state index contributed by atoms with van der Waals surface area (Å²) in [6.07, 6.45) is 0. The summed E-state index contributed by atoms with van der Waals surface area (Å²) < 4.78 is 6.27. The Morgan fingerprint density at radius 3 is 2.65 bits per heavy atom. The minimum Gasteiger partial charge on any atom is -0.380 e. The number of thiazole rings is 1. The Morgan fingerprint density at radius 2 is 1.94 bits per heavy atom. The van der Waals surface area contributed by atoms with Crippen LogP contribution in [-0.2, 0) is 25.7 Å². The number of methoxy groups -OCH3 is 1. The van der Waals surface area contributed by atoms with Crippen molar-refractivity contribution in [2.45, 2.75) is 33.4 Å². The normalized spacial score (nSPS) is 19.1. The lowest BCUT2D eigenvalue weighted by Gasteiger charge is -2.29. The first-order valence-electron chi connectivity index (χ1n) is 10.2. The van der Waals surface area contributed by atoms with E-state index < -0.39 is 23.7 Å². The van der Waals surface area contributed by atoms with Gasteiger partial charge in [0.2, 0.25) is 5.78 Å². The van der Waals surface area contributed by atoms with Gasteiger partial charge in [0.05, 0.1) is 27.9 Å². The lowest BCUT2D eigenvalue weighted by Crippen LogP contribution is -2.32. The molecule has 31 heavy (non-hydrogen) atoms. The number of hydrogen-bond donors (Lipinski definition) is 0. The lowest BCUT2D eigenvalue weighted by molar-refractivity contribution is -0.139. The van der Waals surface area contributed by atoms with Crippen LogP contribution in [0.5, 0.6) is 0 Å². The van der Waals surface area contributed by atoms with E-state index in [0.29, 0.717) is 12.3 Å². The molecule has 4 rings (SSSR count). The second kappa shape index (κ2) is 8.32. The third-order valence-corrected chi connectivity index (χ3v) is 6.55. The highest BCUT2D eigenvalue weighted by molar-refractivity contribution is 7.18. The molecule has 2 heterocycles. The van der Waals surface area contributed by atoms with Gasteiger partial charge in [-0.2, -0.15) is 0 Å². The van der Waals surface area contributed by atoms with E-state index in [2.05, 4.69) is 4.98 Å². The number of nitrogens with zero attached hydrogens (tertiary/aromatic N) is 2. The molecule has 7 heteroatoms. The Kier molecular flexibility index (Phi) is 5.73. The molecule has 1 amide bonds. The van der Waals surface area contributed by atoms with Crippen molar-refractivity contribution in [3.8, 4) is 0 Å². The maximum Gasteiger partial charge on any atom is 0.295 e. The largest absolute Gasteiger partial charge is 0.380 e. The van der Waals surface area contributed by atoms with Gasteiger partial charge in [0, 0.05) is 18.7 Å². The number of aromatic nitrogens is 1. The van der Waals surface area contributed by atoms with Crippen LogP contribution in [0.2, 0.25) is 0 Å². The topological polar surface area (TPSA) is 76.6 Å². The van der Waals surface area contributed by atoms with Crippen LogP contribution in [0.25, 0.3) is 10.2 Å². The SMILES string of the molecule is COCc1ccccc1C1C(C(=O)C(C)C)C(=O)C(=O)N1c1ccc2nc(C)sc2c1. The van der Waals surface area contributed by atoms with Crippen LogP contribution in [0, 0.1) is 18.8 Å². The van der Waals surface area contributed by atoms with E-state index in [1.807, 2.05) is 43.3 Å². The molecule has 2 unspecified atom stereocenters. The summed E-state index contributed by atoms with van der Waals surface area (Å²) in [6.45, 7) is 5.76. The van der Waals surface area contributed by atoms with E-state index in [-0.39, 0.29) is 11.7 Å². The van der Waals surface area contributed by atoms with Gasteiger partial charge in [-0.05, 0) is 36.2 Å². The molecule has 0 N–H and O–H groups in total. The monoisotopic (exact) mass is 436 g/mol. The molecular formula is C24H24N2O4S. The molecule has 1 fully saturated rings. The summed E-state index contributed by atoms with van der Waals surface area (Å²) in [6, 6.07) is 12.3. The number of rotatable bonds is 6. The third kappa shape index (κ3) is 3.68. The van der Waals surface area contributed by atoms with E-state index in [1.165, 1.54) is 16.2 Å². The molecule has 2 atom stereocenters. The predicted molar refractivity (Wildman–Crippen MR) is 120 cm³/mol. The molecule has 1 saturated heterocycles. The van der Waals surface area contributed by atoms with Gasteiger partial charge in [-0.3, -0.25) is 19.3 Å². The van der Waals surface area contributed by atoms with Crippen molar-refractivity contribution < 1.29 is 19.1 Å². The molecule has 1 aromatic heterocycles. The van der Waals surface area contributed by atoms with Crippen molar-refractivity contribution in [2.24, 2.45) is 11.8 Å². The Bertz CT molecular complexity index is 1180. The zero-order valence-electron chi connectivity index (χ0n) is 17.9. The quantitative estimate of drug-likeness (QED) is 0.426. The fraction of sp³-hybridized carbons (Fsp3) is 0.333. The van der Waals surface area contributed by atoms with E-state index in [1.54, 1.807) is 27.0 Å². The molecule has 0 bridgehead atoms. The van der Waals surface area contributed by atoms with Crippen molar-refractivity contribution in [3.05, 3.63) is 58.6 Å². The fourth-order valence-corrected chi connectivity index (χ4v) is 5.06. The van der Waals surface area contributed by atoms with Crippen molar-refractivity contribution in [2.75, 3.05) is 12.0 Å². The van der Waals surface area contributed by atoms with Crippen LogP contribution in [0.3, 0.4) is 0 Å². The van der Waals surface area contributed by atoms with Crippen molar-refractivity contribution in [1.82, 2.24) is 4.98 Å². The smallest absolute Gasteiger partial charge is 0.295 e. The Labute approximate surface area is 184 Å². The molecule has 1 aliphatic rings. The van der Waals surface area contributed by atoms with Gasteiger partial charge in [-0.15, -0.1) is 11.3 Å². The van der Waals surface area contributed by atoms with E-state index in [0.717, 1.165) is 26.4 Å². The van der Waals surface area contributed by atoms with E-state index in [9.17, 15) is 14.4 Å². The molecule has 3 aromatic rings. The zero-order valence-corrected chi connectivity index (χ0v) is 18.7. The first kappa shape index (κ1) is 21.3. The minimum absolute atomic E-state index is 0.229. The van der Waals surface area contributed by atoms with Gasteiger partial charge in [0.25, 0.3) is 5.91 Å². The standard InChI is InChI=1S/C24H24N2O4S/c1-13(2)22(27)20-21(17-8-6-5-7-15(17)12-30-4)26(24(29)23(20)28)16-9-10-18-19(11-16)31-14(3)25-18/h5-11,13,20-21H,12H2,1-4H3. The highest BCUT2D eigenvalue weighted by atomic mass is 32.1. The highest BCUT2D eigenvalue weighted by Crippen LogP contribution is 2.43. The number of fused-ring (bicyclic) bond motifs is 1. The van der Waals surface area contributed by atoms with Gasteiger partial charge in [-0.1, -0.05) is 38.1 Å². The molecule has 2 aromatic carbocycles. The molecular weight excluding hydrogens is 412 g/mol. The maximum absolute atomic E-state index is 13.2. The van der Waals surface area contributed by atoms with Crippen LogP contribution in [0.1, 0.15) is 36.0 Å². The van der Waals surface area contributed by atoms with Crippen LogP contribution in [0.15, 0.2) is 42.5 Å². The molecule has 0 saturated carbocycles. The Balaban J connectivity index is 1.91. The van der Waals surface area contributed by atoms with E-state index >= 15 is 0 Å². The summed E-state index contributed by atoms with van der Waals surface area (Å²) >= 11 is 1.53. The predicted octanol–water partition coefficient (Wildman–Crippen LogP) is 4.25. The fourth-order valence-electron chi connectivity index (χ4n) is 4.20. The second-order valence-corrected chi connectivity index (χ2v) is 9.27. The number of anilines is 1. The molecule has 0 radical (unpaired) electrons. The second-order valence-electron chi connectivity index (χ2n) is 8.04. The molecule has 1 aliphatic heterocycles. The number of ether oxygens (including phenoxy) is 1. The minimum atomic E-state index is -1.05. The number of carbonyl (C=O) groups excluding carboxylic acids is 3. The first-order chi connectivity index (χ1) is 14.8. The average molecular weight is 437 g/mol. The molecule has 6 nitrogen and oxygen atoms in total. The lowest BCUT2D eigenvalue weighted by atomic mass is 9.83. The van der Waals surface area contributed by atoms with E-state index in [4.69, 9.17) is 4.74 Å². The van der Waals surface area contributed by atoms with Crippen LogP contribution < -0.4 is 4.90 Å². The van der Waals surface area contributed by atoms with Crippen LogP contribution in [-0.4, -0.2) is 29.6 Å². The third-order valence-electron chi connectivity index (χ3n) is 5.61. The highest BCUT2D eigenvalue weighted by Gasteiger charge is 2.52. The molecule has 160 valence electrons. The van der Waals surface area contributed by atoms with Crippen LogP contribution in [0.4, 0.5) is 5.69 Å². The average Bonchev–Trinajstić information content (AvgIpc) is 3.24. The van der Waals surface area contributed by atoms with Gasteiger partial charge in [-0.25, -0.2) is 4.98 Å². The number of benzene rings is 2. The number of ketones is 2. The Morgan fingerprint density at radius 1 is 1.19 bits per heavy atom. The summed E-state index contributed by atoms with van der Waals surface area (Å²) in [5.74, 6) is -2.96. The number of aryl methyl sites for hydroxylation is 1. The summed E-state index contributed by atoms with van der Waals surface area (Å²) in [5, 5.41) is 0.922. The van der Waals surface area contributed by atoms with Gasteiger partial charge in [0.1, 0.15) is 11.7 Å². The number of Topliss-reactive ketones (excluding diaryl/α,β-unsaturated/α-hetero) is 2. The molecule has 0 spiro atoms. The van der Waals surface area contributed by atoms with Gasteiger partial charge in [0.15, 0.2) is 0 Å². The maximum atomic E-state index is 13.2. The summed E-state index contributed by atoms with van der Waals surface area (Å²) in [4.78, 5) is 45.4. The van der Waals surface area contributed by atoms with Gasteiger partial charge >= 0.3 is 0 Å². The molecule has 0 aliphatic carbocycles. The summed E-state index contributed by atoms with van der Waals surface area (Å²) in [5.41, 5.74) is 3.03. The first-order valence-corrected chi connectivity index (χ1v) is 11.0. The number of carbonyl (C=O) groups is 3. The van der Waals surface area contributed by atoms with Crippen molar-refractivity contribution in [3.63, 3.8) is 0 Å².